The summed E-state index contributed by atoms with van der Waals surface area (Å²) in [6, 6.07) is 12.7. The van der Waals surface area contributed by atoms with Gasteiger partial charge in [-0.15, -0.1) is 0 Å². The number of pyridine rings is 1. The second-order valence-electron chi connectivity index (χ2n) is 6.66. The highest BCUT2D eigenvalue weighted by Gasteiger charge is 2.30. The third kappa shape index (κ3) is 4.42. The van der Waals surface area contributed by atoms with Gasteiger partial charge in [0.1, 0.15) is 0 Å². The van der Waals surface area contributed by atoms with Crippen LogP contribution in [-0.4, -0.2) is 36.4 Å². The molecule has 7 heteroatoms. The monoisotopic (exact) mass is 387 g/mol. The highest BCUT2D eigenvalue weighted by atomic mass is 19.4. The zero-order chi connectivity index (χ0) is 20.3. The number of nitrogens with one attached hydrogen (secondary N) is 1. The molecule has 0 radical (unpaired) electrons. The summed E-state index contributed by atoms with van der Waals surface area (Å²) in [5.41, 5.74) is 1.92. The molecule has 0 atom stereocenters. The van der Waals surface area contributed by atoms with Crippen molar-refractivity contribution in [3.05, 3.63) is 71.4 Å². The molecule has 0 bridgehead atoms. The van der Waals surface area contributed by atoms with Crippen LogP contribution < -0.4 is 5.32 Å². The van der Waals surface area contributed by atoms with Gasteiger partial charge in [-0.2, -0.15) is 13.2 Å². The van der Waals surface area contributed by atoms with Gasteiger partial charge >= 0.3 is 6.18 Å². The van der Waals surface area contributed by atoms with Crippen LogP contribution in [0.2, 0.25) is 0 Å². The molecule has 1 heterocycles. The van der Waals surface area contributed by atoms with E-state index in [0.29, 0.717) is 29.4 Å². The molecule has 146 valence electrons. The van der Waals surface area contributed by atoms with E-state index in [1.807, 2.05) is 18.2 Å². The molecule has 3 rings (SSSR count). The Labute approximate surface area is 161 Å². The molecule has 1 N–H and O–H groups in total. The highest BCUT2D eigenvalue weighted by molar-refractivity contribution is 5.94. The van der Waals surface area contributed by atoms with Crippen LogP contribution in [0.1, 0.15) is 21.5 Å². The van der Waals surface area contributed by atoms with Gasteiger partial charge in [0, 0.05) is 43.5 Å². The number of halogens is 3. The number of carbonyl (C=O) groups excluding carboxylic acids is 1. The zero-order valence-corrected chi connectivity index (χ0v) is 15.5. The molecule has 0 aliphatic carbocycles. The van der Waals surface area contributed by atoms with E-state index in [0.717, 1.165) is 23.4 Å². The summed E-state index contributed by atoms with van der Waals surface area (Å²) in [5.74, 6) is -0.0598. The van der Waals surface area contributed by atoms with Crippen LogP contribution in [0.15, 0.2) is 54.7 Å². The molecule has 0 spiro atoms. The lowest BCUT2D eigenvalue weighted by Gasteiger charge is -2.13. The summed E-state index contributed by atoms with van der Waals surface area (Å²) in [4.78, 5) is 17.6. The number of anilines is 1. The van der Waals surface area contributed by atoms with Crippen molar-refractivity contribution in [1.82, 2.24) is 9.88 Å². The predicted octanol–water partition coefficient (Wildman–Crippen LogP) is 4.61. The fourth-order valence-electron chi connectivity index (χ4n) is 2.94. The van der Waals surface area contributed by atoms with Crippen molar-refractivity contribution in [3.63, 3.8) is 0 Å². The predicted molar refractivity (Wildman–Crippen MR) is 103 cm³/mol. The first-order valence-corrected chi connectivity index (χ1v) is 8.76. The molecule has 1 aromatic heterocycles. The second kappa shape index (κ2) is 7.88. The first-order chi connectivity index (χ1) is 13.3. The Kier molecular flexibility index (Phi) is 5.53. The smallest absolute Gasteiger partial charge is 0.384 e. The Bertz CT molecular complexity index is 1000. The van der Waals surface area contributed by atoms with E-state index >= 15 is 0 Å². The maximum Gasteiger partial charge on any atom is 0.416 e. The van der Waals surface area contributed by atoms with Crippen molar-refractivity contribution in [2.24, 2.45) is 0 Å². The maximum absolute atomic E-state index is 12.9. The number of amides is 1. The normalized spacial score (nSPS) is 11.5. The quantitative estimate of drug-likeness (QED) is 0.695. The van der Waals surface area contributed by atoms with Crippen LogP contribution in [0.4, 0.5) is 18.9 Å². The molecule has 0 unspecified atom stereocenters. The number of carbonyl (C=O) groups is 1. The molecule has 0 fully saturated rings. The fraction of sp³-hybridized carbons (Fsp3) is 0.238. The van der Waals surface area contributed by atoms with Gasteiger partial charge in [-0.1, -0.05) is 18.2 Å². The summed E-state index contributed by atoms with van der Waals surface area (Å²) in [6.07, 6.45) is -2.24. The topological polar surface area (TPSA) is 45.2 Å². The molecule has 0 aliphatic heterocycles. The molecular weight excluding hydrogens is 367 g/mol. The SMILES string of the molecule is CN(C)C(=O)c1cccc(CCNc2ccnc3cc(C(F)(F)F)ccc23)c1. The molecule has 0 saturated heterocycles. The van der Waals surface area contributed by atoms with E-state index in [2.05, 4.69) is 10.3 Å². The first kappa shape index (κ1) is 19.7. The first-order valence-electron chi connectivity index (χ1n) is 8.76. The Balaban J connectivity index is 1.72. The van der Waals surface area contributed by atoms with Crippen molar-refractivity contribution in [3.8, 4) is 0 Å². The van der Waals surface area contributed by atoms with Gasteiger partial charge in [0.25, 0.3) is 5.91 Å². The third-order valence-corrected chi connectivity index (χ3v) is 4.38. The average Bonchev–Trinajstić information content (AvgIpc) is 2.66. The molecular formula is C21H20F3N3O. The summed E-state index contributed by atoms with van der Waals surface area (Å²) in [6.45, 7) is 0.569. The van der Waals surface area contributed by atoms with Crippen LogP contribution in [0.3, 0.4) is 0 Å². The van der Waals surface area contributed by atoms with Crippen molar-refractivity contribution in [2.75, 3.05) is 26.0 Å². The molecule has 0 aliphatic rings. The lowest BCUT2D eigenvalue weighted by Crippen LogP contribution is -2.21. The van der Waals surface area contributed by atoms with Gasteiger partial charge in [0.15, 0.2) is 0 Å². The minimum atomic E-state index is -4.39. The number of hydrogen-bond acceptors (Lipinski definition) is 3. The highest BCUT2D eigenvalue weighted by Crippen LogP contribution is 2.32. The molecule has 28 heavy (non-hydrogen) atoms. The minimum absolute atomic E-state index is 0.0598. The van der Waals surface area contributed by atoms with Crippen LogP contribution >= 0.6 is 0 Å². The summed E-state index contributed by atoms with van der Waals surface area (Å²) < 4.78 is 38.6. The largest absolute Gasteiger partial charge is 0.416 e. The van der Waals surface area contributed by atoms with E-state index in [1.54, 1.807) is 26.2 Å². The molecule has 1 amide bonds. The van der Waals surface area contributed by atoms with E-state index in [9.17, 15) is 18.0 Å². The fourth-order valence-corrected chi connectivity index (χ4v) is 2.94. The molecule has 4 nitrogen and oxygen atoms in total. The number of benzene rings is 2. The van der Waals surface area contributed by atoms with Crippen LogP contribution in [0.5, 0.6) is 0 Å². The minimum Gasteiger partial charge on any atom is -0.384 e. The van der Waals surface area contributed by atoms with Gasteiger partial charge in [-0.3, -0.25) is 9.78 Å². The zero-order valence-electron chi connectivity index (χ0n) is 15.5. The molecule has 0 saturated carbocycles. The summed E-state index contributed by atoms with van der Waals surface area (Å²) >= 11 is 0. The Morgan fingerprint density at radius 2 is 1.89 bits per heavy atom. The second-order valence-corrected chi connectivity index (χ2v) is 6.66. The van der Waals surface area contributed by atoms with Crippen LogP contribution in [0, 0.1) is 0 Å². The lowest BCUT2D eigenvalue weighted by atomic mass is 10.1. The molecule has 2 aromatic carbocycles. The maximum atomic E-state index is 12.9. The summed E-state index contributed by atoms with van der Waals surface area (Å²) in [7, 11) is 3.41. The van der Waals surface area contributed by atoms with Gasteiger partial charge in [-0.05, 0) is 42.3 Å². The van der Waals surface area contributed by atoms with E-state index in [4.69, 9.17) is 0 Å². The van der Waals surface area contributed by atoms with Gasteiger partial charge < -0.3 is 10.2 Å². The van der Waals surface area contributed by atoms with Gasteiger partial charge in [0.05, 0.1) is 11.1 Å². The summed E-state index contributed by atoms with van der Waals surface area (Å²) in [5, 5.41) is 3.88. The van der Waals surface area contributed by atoms with Crippen LogP contribution in [-0.2, 0) is 12.6 Å². The molecule has 3 aromatic rings. The number of nitrogens with zero attached hydrogens (tertiary/aromatic N) is 2. The number of aromatic nitrogens is 1. The number of hydrogen-bond donors (Lipinski definition) is 1. The van der Waals surface area contributed by atoms with Gasteiger partial charge in [-0.25, -0.2) is 0 Å². The average molecular weight is 387 g/mol. The van der Waals surface area contributed by atoms with Crippen molar-refractivity contribution >= 4 is 22.5 Å². The third-order valence-electron chi connectivity index (χ3n) is 4.38. The Morgan fingerprint density at radius 1 is 1.11 bits per heavy atom. The Hall–Kier alpha value is -3.09. The van der Waals surface area contributed by atoms with Crippen molar-refractivity contribution in [2.45, 2.75) is 12.6 Å². The van der Waals surface area contributed by atoms with E-state index < -0.39 is 11.7 Å². The van der Waals surface area contributed by atoms with Crippen molar-refractivity contribution < 1.29 is 18.0 Å². The standard InChI is InChI=1S/C21H20F3N3O/c1-27(2)20(28)15-5-3-4-14(12-15)8-10-25-18-9-11-26-19-13-16(21(22,23)24)6-7-17(18)19/h3-7,9,11-13H,8,10H2,1-2H3,(H,25,26). The number of alkyl halides is 3. The number of fused-ring (bicyclic) bond motifs is 1. The van der Waals surface area contributed by atoms with Crippen molar-refractivity contribution in [1.29, 1.82) is 0 Å². The van der Waals surface area contributed by atoms with E-state index in [1.165, 1.54) is 17.2 Å². The van der Waals surface area contributed by atoms with E-state index in [-0.39, 0.29) is 5.91 Å². The van der Waals surface area contributed by atoms with Gasteiger partial charge in [0.2, 0.25) is 0 Å². The Morgan fingerprint density at radius 3 is 2.61 bits per heavy atom. The number of rotatable bonds is 5. The van der Waals surface area contributed by atoms with Crippen LogP contribution in [0.25, 0.3) is 10.9 Å². The lowest BCUT2D eigenvalue weighted by molar-refractivity contribution is -0.137.